The van der Waals surface area contributed by atoms with Crippen molar-refractivity contribution < 1.29 is 18.7 Å². The van der Waals surface area contributed by atoms with Gasteiger partial charge in [0.15, 0.2) is 0 Å². The van der Waals surface area contributed by atoms with Crippen molar-refractivity contribution in [1.29, 1.82) is 0 Å². The van der Waals surface area contributed by atoms with Gasteiger partial charge in [-0.1, -0.05) is 12.6 Å². The van der Waals surface area contributed by atoms with Crippen molar-refractivity contribution in [2.24, 2.45) is 0 Å². The van der Waals surface area contributed by atoms with Crippen LogP contribution in [0.25, 0.3) is 0 Å². The Bertz CT molecular complexity index is 562. The Balaban J connectivity index is 2.11. The molecule has 1 heterocycles. The number of rotatable bonds is 4. The molecule has 1 N–H and O–H groups in total. The van der Waals surface area contributed by atoms with Crippen LogP contribution in [-0.2, 0) is 9.53 Å². The Morgan fingerprint density at radius 3 is 2.86 bits per heavy atom. The smallest absolute Gasteiger partial charge is 0.254 e. The van der Waals surface area contributed by atoms with Crippen LogP contribution in [0, 0.1) is 0 Å². The summed E-state index contributed by atoms with van der Waals surface area (Å²) in [6, 6.07) is 6.50. The molecule has 6 heteroatoms. The minimum absolute atomic E-state index is 0.0145. The number of hydrogen-bond donors (Lipinski definition) is 1. The predicted molar refractivity (Wildman–Crippen MR) is 76.9 cm³/mol. The lowest BCUT2D eigenvalue weighted by molar-refractivity contribution is -0.111. The minimum Gasteiger partial charge on any atom is -0.377 e. The van der Waals surface area contributed by atoms with Gasteiger partial charge in [-0.15, -0.1) is 0 Å². The summed E-state index contributed by atoms with van der Waals surface area (Å²) in [6.07, 6.45) is -0.619. The highest BCUT2D eigenvalue weighted by atomic mass is 19.1. The van der Waals surface area contributed by atoms with Crippen LogP contribution in [0.3, 0.4) is 0 Å². The summed E-state index contributed by atoms with van der Waals surface area (Å²) in [5.74, 6) is -0.643. The SMILES string of the molecule is C=CC(=O)Nc1cccc(C(=O)N2C[C@@H](F)[C@H](OC)C2)c1. The van der Waals surface area contributed by atoms with E-state index in [0.717, 1.165) is 6.08 Å². The Labute approximate surface area is 122 Å². The zero-order valence-electron chi connectivity index (χ0n) is 11.7. The Morgan fingerprint density at radius 2 is 2.24 bits per heavy atom. The molecule has 5 nitrogen and oxygen atoms in total. The van der Waals surface area contributed by atoms with Crippen LogP contribution in [0.4, 0.5) is 10.1 Å². The topological polar surface area (TPSA) is 58.6 Å². The van der Waals surface area contributed by atoms with Crippen LogP contribution < -0.4 is 5.32 Å². The molecule has 0 spiro atoms. The third-order valence-electron chi connectivity index (χ3n) is 3.35. The van der Waals surface area contributed by atoms with E-state index in [1.807, 2.05) is 0 Å². The fourth-order valence-electron chi connectivity index (χ4n) is 2.23. The summed E-state index contributed by atoms with van der Waals surface area (Å²) in [5.41, 5.74) is 0.880. The number of nitrogens with one attached hydrogen (secondary N) is 1. The lowest BCUT2D eigenvalue weighted by Crippen LogP contribution is -2.30. The Morgan fingerprint density at radius 1 is 1.48 bits per heavy atom. The number of carbonyl (C=O) groups is 2. The largest absolute Gasteiger partial charge is 0.377 e. The highest BCUT2D eigenvalue weighted by Gasteiger charge is 2.35. The highest BCUT2D eigenvalue weighted by molar-refractivity contribution is 6.00. The molecule has 1 saturated heterocycles. The Hall–Kier alpha value is -2.21. The summed E-state index contributed by atoms with van der Waals surface area (Å²) in [5, 5.41) is 2.58. The van der Waals surface area contributed by atoms with Crippen molar-refractivity contribution in [1.82, 2.24) is 4.90 Å². The van der Waals surface area contributed by atoms with Crippen molar-refractivity contribution in [3.05, 3.63) is 42.5 Å². The fourth-order valence-corrected chi connectivity index (χ4v) is 2.23. The summed E-state index contributed by atoms with van der Waals surface area (Å²) in [6.45, 7) is 3.60. The molecule has 0 unspecified atom stereocenters. The molecule has 1 aliphatic rings. The number of carbonyl (C=O) groups excluding carboxylic acids is 2. The number of ether oxygens (including phenoxy) is 1. The maximum Gasteiger partial charge on any atom is 0.254 e. The standard InChI is InChI=1S/C15H17FN2O3/c1-3-14(19)17-11-6-4-5-10(7-11)15(20)18-8-12(16)13(9-18)21-2/h3-7,12-13H,1,8-9H2,2H3,(H,17,19)/t12-,13-/m1/s1. The molecule has 1 aliphatic heterocycles. The molecule has 0 saturated carbocycles. The lowest BCUT2D eigenvalue weighted by atomic mass is 10.1. The molecular weight excluding hydrogens is 275 g/mol. The molecule has 1 aromatic rings. The van der Waals surface area contributed by atoms with Gasteiger partial charge in [0.05, 0.1) is 13.1 Å². The zero-order valence-corrected chi connectivity index (χ0v) is 11.7. The molecular formula is C15H17FN2O3. The first-order valence-electron chi connectivity index (χ1n) is 6.54. The molecule has 112 valence electrons. The van der Waals surface area contributed by atoms with Gasteiger partial charge in [-0.05, 0) is 24.3 Å². The van der Waals surface area contributed by atoms with Gasteiger partial charge in [0.25, 0.3) is 5.91 Å². The van der Waals surface area contributed by atoms with E-state index < -0.39 is 12.3 Å². The van der Waals surface area contributed by atoms with Gasteiger partial charge in [-0.3, -0.25) is 9.59 Å². The van der Waals surface area contributed by atoms with E-state index in [9.17, 15) is 14.0 Å². The maximum absolute atomic E-state index is 13.6. The number of nitrogens with zero attached hydrogens (tertiary/aromatic N) is 1. The molecule has 2 amide bonds. The molecule has 21 heavy (non-hydrogen) atoms. The van der Waals surface area contributed by atoms with E-state index in [-0.39, 0.29) is 24.9 Å². The van der Waals surface area contributed by atoms with Crippen molar-refractivity contribution in [2.75, 3.05) is 25.5 Å². The van der Waals surface area contributed by atoms with E-state index in [1.54, 1.807) is 24.3 Å². The predicted octanol–water partition coefficient (Wildman–Crippen LogP) is 1.62. The molecule has 2 rings (SSSR count). The van der Waals surface area contributed by atoms with E-state index in [1.165, 1.54) is 12.0 Å². The molecule has 2 atom stereocenters. The van der Waals surface area contributed by atoms with E-state index >= 15 is 0 Å². The van der Waals surface area contributed by atoms with Gasteiger partial charge in [-0.25, -0.2) is 4.39 Å². The van der Waals surface area contributed by atoms with Gasteiger partial charge in [-0.2, -0.15) is 0 Å². The van der Waals surface area contributed by atoms with Gasteiger partial charge < -0.3 is 15.0 Å². The average molecular weight is 292 g/mol. The van der Waals surface area contributed by atoms with Crippen LogP contribution in [-0.4, -0.2) is 49.2 Å². The number of hydrogen-bond acceptors (Lipinski definition) is 3. The zero-order chi connectivity index (χ0) is 15.4. The van der Waals surface area contributed by atoms with E-state index in [0.29, 0.717) is 11.3 Å². The van der Waals surface area contributed by atoms with Crippen molar-refractivity contribution in [3.8, 4) is 0 Å². The third kappa shape index (κ3) is 3.46. The highest BCUT2D eigenvalue weighted by Crippen LogP contribution is 2.20. The van der Waals surface area contributed by atoms with Crippen molar-refractivity contribution >= 4 is 17.5 Å². The molecule has 0 aromatic heterocycles. The van der Waals surface area contributed by atoms with Gasteiger partial charge in [0.2, 0.25) is 5.91 Å². The van der Waals surface area contributed by atoms with Gasteiger partial charge in [0.1, 0.15) is 12.3 Å². The monoisotopic (exact) mass is 292 g/mol. The maximum atomic E-state index is 13.6. The normalized spacial score (nSPS) is 21.1. The quantitative estimate of drug-likeness (QED) is 0.858. The molecule has 1 fully saturated rings. The van der Waals surface area contributed by atoms with E-state index in [2.05, 4.69) is 11.9 Å². The number of amides is 2. The molecule has 1 aromatic carbocycles. The molecule has 0 radical (unpaired) electrons. The number of likely N-dealkylation sites (tertiary alicyclic amines) is 1. The summed E-state index contributed by atoms with van der Waals surface area (Å²) >= 11 is 0. The van der Waals surface area contributed by atoms with Crippen LogP contribution >= 0.6 is 0 Å². The van der Waals surface area contributed by atoms with Crippen molar-refractivity contribution in [2.45, 2.75) is 12.3 Å². The second-order valence-corrected chi connectivity index (χ2v) is 4.77. The summed E-state index contributed by atoms with van der Waals surface area (Å²) in [7, 11) is 1.43. The van der Waals surface area contributed by atoms with Crippen LogP contribution in [0.15, 0.2) is 36.9 Å². The fraction of sp³-hybridized carbons (Fsp3) is 0.333. The number of anilines is 1. The van der Waals surface area contributed by atoms with Gasteiger partial charge >= 0.3 is 0 Å². The number of alkyl halides is 1. The lowest BCUT2D eigenvalue weighted by Gasteiger charge is -2.16. The first-order chi connectivity index (χ1) is 10.0. The number of halogens is 1. The summed E-state index contributed by atoms with van der Waals surface area (Å²) < 4.78 is 18.6. The van der Waals surface area contributed by atoms with Crippen molar-refractivity contribution in [3.63, 3.8) is 0 Å². The minimum atomic E-state index is -1.18. The van der Waals surface area contributed by atoms with Crippen LogP contribution in [0.5, 0.6) is 0 Å². The van der Waals surface area contributed by atoms with E-state index in [4.69, 9.17) is 4.74 Å². The number of benzene rings is 1. The Kier molecular flexibility index (Phi) is 4.70. The molecule has 0 bridgehead atoms. The average Bonchev–Trinajstić information content (AvgIpc) is 2.87. The molecule has 0 aliphatic carbocycles. The summed E-state index contributed by atoms with van der Waals surface area (Å²) in [4.78, 5) is 25.0. The third-order valence-corrected chi connectivity index (χ3v) is 3.35. The first-order valence-corrected chi connectivity index (χ1v) is 6.54. The van der Waals surface area contributed by atoms with Gasteiger partial charge in [0, 0.05) is 18.4 Å². The van der Waals surface area contributed by atoms with Crippen LogP contribution in [0.1, 0.15) is 10.4 Å². The first kappa shape index (κ1) is 15.2. The second kappa shape index (κ2) is 6.49. The number of methoxy groups -OCH3 is 1. The second-order valence-electron chi connectivity index (χ2n) is 4.77. The van der Waals surface area contributed by atoms with Crippen LogP contribution in [0.2, 0.25) is 0 Å².